The van der Waals surface area contributed by atoms with Gasteiger partial charge in [0.05, 0.1) is 11.3 Å². The van der Waals surface area contributed by atoms with E-state index in [1.165, 1.54) is 22.9 Å². The topological polar surface area (TPSA) is 120 Å². The molecule has 0 saturated carbocycles. The van der Waals surface area contributed by atoms with Crippen LogP contribution in [-0.2, 0) is 11.2 Å². The van der Waals surface area contributed by atoms with Crippen LogP contribution >= 0.6 is 11.8 Å². The van der Waals surface area contributed by atoms with E-state index in [9.17, 15) is 4.79 Å². The van der Waals surface area contributed by atoms with Gasteiger partial charge in [-0.05, 0) is 37.3 Å². The lowest BCUT2D eigenvalue weighted by molar-refractivity contribution is -0.121. The minimum Gasteiger partial charge on any atom is -0.368 e. The van der Waals surface area contributed by atoms with E-state index in [1.807, 2.05) is 19.1 Å². The molecule has 0 spiro atoms. The third-order valence-electron chi connectivity index (χ3n) is 3.99. The van der Waals surface area contributed by atoms with E-state index in [2.05, 4.69) is 32.4 Å². The quantitative estimate of drug-likeness (QED) is 0.722. The summed E-state index contributed by atoms with van der Waals surface area (Å²) in [7, 11) is 0. The molecular formula is C16H20N6OS. The maximum Gasteiger partial charge on any atom is 0.233 e. The van der Waals surface area contributed by atoms with Gasteiger partial charge in [0.1, 0.15) is 0 Å². The first-order valence-corrected chi connectivity index (χ1v) is 8.73. The second-order valence-corrected chi connectivity index (χ2v) is 7.05. The van der Waals surface area contributed by atoms with Crippen molar-refractivity contribution in [2.75, 3.05) is 11.5 Å². The number of rotatable bonds is 4. The number of aromatic nitrogens is 3. The third kappa shape index (κ3) is 3.76. The van der Waals surface area contributed by atoms with E-state index in [-0.39, 0.29) is 29.1 Å². The van der Waals surface area contributed by atoms with Gasteiger partial charge in [0.25, 0.3) is 0 Å². The fourth-order valence-electron chi connectivity index (χ4n) is 2.85. The Balaban J connectivity index is 1.67. The number of amides is 1. The van der Waals surface area contributed by atoms with E-state index in [0.29, 0.717) is 5.16 Å². The van der Waals surface area contributed by atoms with Crippen LogP contribution in [0.2, 0.25) is 0 Å². The number of benzene rings is 1. The van der Waals surface area contributed by atoms with Crippen LogP contribution in [-0.4, -0.2) is 26.1 Å². The summed E-state index contributed by atoms with van der Waals surface area (Å²) in [4.78, 5) is 24.2. The minimum atomic E-state index is -0.361. The number of nitrogens with one attached hydrogen (secondary N) is 1. The summed E-state index contributed by atoms with van der Waals surface area (Å²) < 4.78 is 0. The van der Waals surface area contributed by atoms with E-state index >= 15 is 0 Å². The number of nitrogens with two attached hydrogens (primary N) is 2. The number of hydrogen-bond donors (Lipinski definition) is 3. The van der Waals surface area contributed by atoms with Crippen LogP contribution in [0.4, 0.5) is 11.9 Å². The van der Waals surface area contributed by atoms with Crippen LogP contribution in [0.3, 0.4) is 0 Å². The average molecular weight is 344 g/mol. The number of nitrogen functional groups attached to an aromatic ring is 2. The van der Waals surface area contributed by atoms with Crippen LogP contribution in [0.25, 0.3) is 0 Å². The van der Waals surface area contributed by atoms with Gasteiger partial charge >= 0.3 is 0 Å². The summed E-state index contributed by atoms with van der Waals surface area (Å²) in [6.07, 6.45) is 3.09. The lowest BCUT2D eigenvalue weighted by Gasteiger charge is -2.27. The van der Waals surface area contributed by atoms with Crippen molar-refractivity contribution in [3.63, 3.8) is 0 Å². The van der Waals surface area contributed by atoms with E-state index < -0.39 is 0 Å². The number of fused-ring (bicyclic) bond motifs is 1. The van der Waals surface area contributed by atoms with Crippen LogP contribution in [0.15, 0.2) is 29.4 Å². The van der Waals surface area contributed by atoms with Crippen molar-refractivity contribution in [2.45, 2.75) is 42.6 Å². The van der Waals surface area contributed by atoms with Crippen LogP contribution < -0.4 is 16.8 Å². The normalized spacial score (nSPS) is 17.8. The fourth-order valence-corrected chi connectivity index (χ4v) is 3.63. The second-order valence-electron chi connectivity index (χ2n) is 5.75. The first kappa shape index (κ1) is 16.5. The molecule has 1 aromatic heterocycles. The Morgan fingerprint density at radius 3 is 2.71 bits per heavy atom. The molecule has 3 rings (SSSR count). The lowest BCUT2D eigenvalue weighted by atomic mass is 9.88. The molecule has 1 aliphatic rings. The molecular weight excluding hydrogens is 324 g/mol. The number of nitrogens with zero attached hydrogens (tertiary/aromatic N) is 3. The zero-order chi connectivity index (χ0) is 17.1. The Morgan fingerprint density at radius 2 is 1.96 bits per heavy atom. The molecule has 1 aliphatic carbocycles. The highest BCUT2D eigenvalue weighted by atomic mass is 32.2. The summed E-state index contributed by atoms with van der Waals surface area (Å²) in [5.41, 5.74) is 13.6. The van der Waals surface area contributed by atoms with Gasteiger partial charge in [0.2, 0.25) is 17.8 Å². The van der Waals surface area contributed by atoms with Crippen molar-refractivity contribution in [3.8, 4) is 0 Å². The Bertz CT molecular complexity index is 733. The number of carbonyl (C=O) groups is 1. The summed E-state index contributed by atoms with van der Waals surface area (Å²) in [6, 6.07) is 8.32. The van der Waals surface area contributed by atoms with E-state index in [0.717, 1.165) is 19.3 Å². The predicted molar refractivity (Wildman–Crippen MR) is 94.2 cm³/mol. The molecule has 1 amide bonds. The Kier molecular flexibility index (Phi) is 4.84. The third-order valence-corrected chi connectivity index (χ3v) is 4.95. The van der Waals surface area contributed by atoms with Crippen molar-refractivity contribution in [1.82, 2.24) is 20.3 Å². The minimum absolute atomic E-state index is 0.0545. The zero-order valence-corrected chi connectivity index (χ0v) is 14.2. The molecule has 0 saturated heterocycles. The molecule has 0 unspecified atom stereocenters. The molecule has 0 bridgehead atoms. The van der Waals surface area contributed by atoms with E-state index in [4.69, 9.17) is 11.5 Å². The van der Waals surface area contributed by atoms with Gasteiger partial charge in [-0.1, -0.05) is 36.0 Å². The molecule has 126 valence electrons. The van der Waals surface area contributed by atoms with Crippen LogP contribution in [0.5, 0.6) is 0 Å². The molecule has 5 N–H and O–H groups in total. The molecule has 8 heteroatoms. The average Bonchev–Trinajstić information content (AvgIpc) is 2.54. The van der Waals surface area contributed by atoms with E-state index in [1.54, 1.807) is 0 Å². The first-order valence-electron chi connectivity index (χ1n) is 7.85. The lowest BCUT2D eigenvalue weighted by Crippen LogP contribution is -2.36. The molecule has 0 aliphatic heterocycles. The van der Waals surface area contributed by atoms with Gasteiger partial charge in [0.15, 0.2) is 5.16 Å². The van der Waals surface area contributed by atoms with Gasteiger partial charge in [-0.15, -0.1) is 0 Å². The molecule has 1 heterocycles. The molecule has 7 nitrogen and oxygen atoms in total. The van der Waals surface area contributed by atoms with Gasteiger partial charge in [-0.3, -0.25) is 4.79 Å². The van der Waals surface area contributed by atoms with Gasteiger partial charge in [-0.2, -0.15) is 15.0 Å². The molecule has 24 heavy (non-hydrogen) atoms. The van der Waals surface area contributed by atoms with Crippen molar-refractivity contribution in [1.29, 1.82) is 0 Å². The smallest absolute Gasteiger partial charge is 0.233 e. The fraction of sp³-hybridized carbons (Fsp3) is 0.375. The second kappa shape index (κ2) is 7.04. The van der Waals surface area contributed by atoms with Gasteiger partial charge < -0.3 is 16.8 Å². The number of anilines is 2. The highest BCUT2D eigenvalue weighted by Crippen LogP contribution is 2.30. The Labute approximate surface area is 144 Å². The van der Waals surface area contributed by atoms with Crippen molar-refractivity contribution < 1.29 is 4.79 Å². The number of aryl methyl sites for hydroxylation is 1. The molecule has 2 atom stereocenters. The van der Waals surface area contributed by atoms with Crippen LogP contribution in [0, 0.1) is 0 Å². The number of carbonyl (C=O) groups excluding carboxylic acids is 1. The van der Waals surface area contributed by atoms with Gasteiger partial charge in [0, 0.05) is 0 Å². The number of hydrogen-bond acceptors (Lipinski definition) is 7. The molecule has 0 radical (unpaired) electrons. The summed E-state index contributed by atoms with van der Waals surface area (Å²) >= 11 is 1.22. The van der Waals surface area contributed by atoms with Crippen molar-refractivity contribution >= 4 is 29.6 Å². The zero-order valence-electron chi connectivity index (χ0n) is 13.4. The Hall–Kier alpha value is -2.35. The van der Waals surface area contributed by atoms with Gasteiger partial charge in [-0.25, -0.2) is 0 Å². The summed E-state index contributed by atoms with van der Waals surface area (Å²) in [5, 5.41) is 3.12. The first-order chi connectivity index (χ1) is 11.5. The highest BCUT2D eigenvalue weighted by Gasteiger charge is 2.24. The molecule has 2 aromatic rings. The maximum absolute atomic E-state index is 12.5. The standard InChI is InChI=1S/C16H20N6OS/c1-9(24-16-21-14(17)20-15(18)22-16)13(23)19-12-8-4-6-10-5-2-3-7-11(10)12/h2-3,5,7,9,12H,4,6,8H2,1H3,(H,19,23)(H4,17,18,20,21,22)/t9-,12+/m0/s1. The Morgan fingerprint density at radius 1 is 1.25 bits per heavy atom. The predicted octanol–water partition coefficient (Wildman–Crippen LogP) is 1.71. The summed E-state index contributed by atoms with van der Waals surface area (Å²) in [5.74, 6) is 0.0527. The summed E-state index contributed by atoms with van der Waals surface area (Å²) in [6.45, 7) is 1.81. The maximum atomic E-state index is 12.5. The SMILES string of the molecule is C[C@H](Sc1nc(N)nc(N)n1)C(=O)N[C@@H]1CCCc2ccccc21. The monoisotopic (exact) mass is 344 g/mol. The molecule has 1 aromatic carbocycles. The largest absolute Gasteiger partial charge is 0.368 e. The van der Waals surface area contributed by atoms with Crippen molar-refractivity contribution in [3.05, 3.63) is 35.4 Å². The number of thioether (sulfide) groups is 1. The van der Waals surface area contributed by atoms with Crippen LogP contribution in [0.1, 0.15) is 36.9 Å². The van der Waals surface area contributed by atoms with Crippen molar-refractivity contribution in [2.24, 2.45) is 0 Å². The highest BCUT2D eigenvalue weighted by molar-refractivity contribution is 8.00. The molecule has 0 fully saturated rings.